The summed E-state index contributed by atoms with van der Waals surface area (Å²) in [6.07, 6.45) is -1.11. The molecule has 1 atom stereocenters. The largest absolute Gasteiger partial charge is 0.444 e. The van der Waals surface area contributed by atoms with Crippen LogP contribution in [-0.2, 0) is 9.53 Å². The number of anilines is 1. The molecule has 3 aromatic carbocycles. The van der Waals surface area contributed by atoms with Gasteiger partial charge in [-0.05, 0) is 43.2 Å². The van der Waals surface area contributed by atoms with E-state index in [4.69, 9.17) is 16.3 Å². The lowest BCUT2D eigenvalue weighted by atomic mass is 10.1. The molecule has 0 aliphatic carbocycles. The Kier molecular flexibility index (Phi) is 6.12. The third-order valence-corrected chi connectivity index (χ3v) is 4.64. The quantitative estimate of drug-likeness (QED) is 0.583. The Bertz CT molecular complexity index is 1000. The molecule has 0 saturated heterocycles. The first-order valence-electron chi connectivity index (χ1n) is 8.84. The van der Waals surface area contributed by atoms with E-state index < -0.39 is 18.0 Å². The zero-order chi connectivity index (χ0) is 20.1. The monoisotopic (exact) mass is 393 g/mol. The van der Waals surface area contributed by atoms with Crippen molar-refractivity contribution in [3.63, 3.8) is 0 Å². The van der Waals surface area contributed by atoms with Crippen LogP contribution in [-0.4, -0.2) is 11.9 Å². The van der Waals surface area contributed by atoms with Crippen molar-refractivity contribution >= 4 is 29.2 Å². The molecule has 4 nitrogen and oxygen atoms in total. The number of rotatable bonds is 5. The highest BCUT2D eigenvalue weighted by atomic mass is 35.5. The van der Waals surface area contributed by atoms with Crippen molar-refractivity contribution in [2.45, 2.75) is 20.0 Å². The average molecular weight is 394 g/mol. The molecular formula is C23H20ClNO3. The van der Waals surface area contributed by atoms with Crippen LogP contribution < -0.4 is 5.32 Å². The molecule has 0 spiro atoms. The van der Waals surface area contributed by atoms with Gasteiger partial charge in [0, 0.05) is 11.3 Å². The van der Waals surface area contributed by atoms with Crippen molar-refractivity contribution in [2.24, 2.45) is 0 Å². The molecule has 0 radical (unpaired) electrons. The second-order valence-corrected chi connectivity index (χ2v) is 6.89. The normalized spacial score (nSPS) is 11.5. The van der Waals surface area contributed by atoms with Crippen LogP contribution in [0.2, 0.25) is 5.02 Å². The summed E-state index contributed by atoms with van der Waals surface area (Å²) >= 11 is 6.09. The molecule has 142 valence electrons. The summed E-state index contributed by atoms with van der Waals surface area (Å²) in [5.74, 6) is -1.09. The van der Waals surface area contributed by atoms with Crippen molar-refractivity contribution in [1.82, 2.24) is 0 Å². The van der Waals surface area contributed by atoms with Gasteiger partial charge in [-0.1, -0.05) is 66.2 Å². The molecule has 3 aromatic rings. The molecule has 3 rings (SSSR count). The van der Waals surface area contributed by atoms with Crippen LogP contribution in [0.25, 0.3) is 0 Å². The number of aryl methyl sites for hydroxylation is 2. The van der Waals surface area contributed by atoms with Gasteiger partial charge in [0.2, 0.25) is 6.10 Å². The number of amides is 1. The number of benzene rings is 3. The van der Waals surface area contributed by atoms with Gasteiger partial charge >= 0.3 is 5.97 Å². The molecule has 1 amide bonds. The molecule has 0 unspecified atom stereocenters. The van der Waals surface area contributed by atoms with Crippen LogP contribution in [0, 0.1) is 13.8 Å². The van der Waals surface area contributed by atoms with Gasteiger partial charge in [-0.15, -0.1) is 0 Å². The maximum Gasteiger partial charge on any atom is 0.340 e. The second-order valence-electron chi connectivity index (χ2n) is 6.48. The van der Waals surface area contributed by atoms with E-state index in [9.17, 15) is 9.59 Å². The molecule has 0 fully saturated rings. The molecule has 0 saturated carbocycles. The predicted molar refractivity (Wildman–Crippen MR) is 111 cm³/mol. The summed E-state index contributed by atoms with van der Waals surface area (Å²) in [6, 6.07) is 21.3. The lowest BCUT2D eigenvalue weighted by Gasteiger charge is -2.19. The number of halogens is 1. The first-order valence-corrected chi connectivity index (χ1v) is 9.22. The fourth-order valence-corrected chi connectivity index (χ4v) is 2.98. The number of carbonyl (C=O) groups excluding carboxylic acids is 2. The average Bonchev–Trinajstić information content (AvgIpc) is 2.69. The van der Waals surface area contributed by atoms with Gasteiger partial charge in [-0.3, -0.25) is 4.79 Å². The first kappa shape index (κ1) is 19.6. The van der Waals surface area contributed by atoms with Crippen LogP contribution in [0.4, 0.5) is 5.69 Å². The Balaban J connectivity index is 1.89. The third kappa shape index (κ3) is 4.59. The van der Waals surface area contributed by atoms with E-state index in [1.165, 1.54) is 0 Å². The number of hydrogen-bond acceptors (Lipinski definition) is 3. The Morgan fingerprint density at radius 1 is 0.929 bits per heavy atom. The Hall–Kier alpha value is -3.11. The zero-order valence-corrected chi connectivity index (χ0v) is 16.4. The van der Waals surface area contributed by atoms with Crippen LogP contribution in [0.1, 0.15) is 33.2 Å². The number of ether oxygens (including phenoxy) is 1. The molecule has 0 aliphatic rings. The van der Waals surface area contributed by atoms with Crippen LogP contribution in [0.5, 0.6) is 0 Å². The minimum Gasteiger partial charge on any atom is -0.444 e. The second kappa shape index (κ2) is 8.72. The minimum atomic E-state index is -1.11. The summed E-state index contributed by atoms with van der Waals surface area (Å²) in [5, 5.41) is 3.14. The fraction of sp³-hybridized carbons (Fsp3) is 0.130. The van der Waals surface area contributed by atoms with Crippen molar-refractivity contribution in [3.8, 4) is 0 Å². The van der Waals surface area contributed by atoms with Crippen molar-refractivity contribution < 1.29 is 14.3 Å². The SMILES string of the molecule is Cc1ccc(C)c(NC(=O)[C@@H](OC(=O)c2ccccc2Cl)c2ccccc2)c1. The Labute approximate surface area is 169 Å². The van der Waals surface area contributed by atoms with Crippen molar-refractivity contribution in [1.29, 1.82) is 0 Å². The molecule has 5 heteroatoms. The molecule has 28 heavy (non-hydrogen) atoms. The summed E-state index contributed by atoms with van der Waals surface area (Å²) in [7, 11) is 0. The van der Waals surface area contributed by atoms with E-state index in [-0.39, 0.29) is 10.6 Å². The summed E-state index contributed by atoms with van der Waals surface area (Å²) < 4.78 is 5.57. The zero-order valence-electron chi connectivity index (χ0n) is 15.6. The smallest absolute Gasteiger partial charge is 0.340 e. The predicted octanol–water partition coefficient (Wildman–Crippen LogP) is 5.49. The highest BCUT2D eigenvalue weighted by Crippen LogP contribution is 2.25. The van der Waals surface area contributed by atoms with E-state index in [2.05, 4.69) is 5.32 Å². The number of esters is 1. The van der Waals surface area contributed by atoms with Crippen LogP contribution in [0.3, 0.4) is 0 Å². The van der Waals surface area contributed by atoms with E-state index in [0.717, 1.165) is 11.1 Å². The summed E-state index contributed by atoms with van der Waals surface area (Å²) in [4.78, 5) is 25.6. The highest BCUT2D eigenvalue weighted by Gasteiger charge is 2.27. The standard InChI is InChI=1S/C23H20ClNO3/c1-15-12-13-16(2)20(14-15)25-22(26)21(17-8-4-3-5-9-17)28-23(27)18-10-6-7-11-19(18)24/h3-14,21H,1-2H3,(H,25,26)/t21-/m0/s1. The van der Waals surface area contributed by atoms with Crippen LogP contribution >= 0.6 is 11.6 Å². The lowest BCUT2D eigenvalue weighted by Crippen LogP contribution is -2.26. The van der Waals surface area contributed by atoms with Gasteiger partial charge in [-0.25, -0.2) is 4.79 Å². The number of hydrogen-bond donors (Lipinski definition) is 1. The van der Waals surface area contributed by atoms with Gasteiger partial charge in [0.15, 0.2) is 0 Å². The maximum atomic E-state index is 13.0. The van der Waals surface area contributed by atoms with Crippen molar-refractivity contribution in [2.75, 3.05) is 5.32 Å². The molecule has 0 bridgehead atoms. The number of nitrogens with one attached hydrogen (secondary N) is 1. The molecule has 0 heterocycles. The van der Waals surface area contributed by atoms with Crippen LogP contribution in [0.15, 0.2) is 72.8 Å². The Morgan fingerprint density at radius 2 is 1.61 bits per heavy atom. The van der Waals surface area contributed by atoms with Gasteiger partial charge in [0.05, 0.1) is 10.6 Å². The summed E-state index contributed by atoms with van der Waals surface area (Å²) in [6.45, 7) is 3.85. The highest BCUT2D eigenvalue weighted by molar-refractivity contribution is 6.33. The van der Waals surface area contributed by atoms with E-state index in [1.54, 1.807) is 48.5 Å². The molecule has 0 aromatic heterocycles. The molecule has 0 aliphatic heterocycles. The first-order chi connectivity index (χ1) is 13.5. The molecule has 1 N–H and O–H groups in total. The van der Waals surface area contributed by atoms with E-state index in [0.29, 0.717) is 11.3 Å². The van der Waals surface area contributed by atoms with Gasteiger partial charge in [-0.2, -0.15) is 0 Å². The molecular weight excluding hydrogens is 374 g/mol. The van der Waals surface area contributed by atoms with E-state index >= 15 is 0 Å². The Morgan fingerprint density at radius 3 is 2.32 bits per heavy atom. The topological polar surface area (TPSA) is 55.4 Å². The third-order valence-electron chi connectivity index (χ3n) is 4.31. The van der Waals surface area contributed by atoms with E-state index in [1.807, 2.05) is 38.1 Å². The van der Waals surface area contributed by atoms with Gasteiger partial charge < -0.3 is 10.1 Å². The van der Waals surface area contributed by atoms with Gasteiger partial charge in [0.25, 0.3) is 5.91 Å². The fourth-order valence-electron chi connectivity index (χ4n) is 2.77. The number of carbonyl (C=O) groups is 2. The minimum absolute atomic E-state index is 0.213. The summed E-state index contributed by atoms with van der Waals surface area (Å²) in [5.41, 5.74) is 3.41. The van der Waals surface area contributed by atoms with Gasteiger partial charge in [0.1, 0.15) is 0 Å². The lowest BCUT2D eigenvalue weighted by molar-refractivity contribution is -0.125. The maximum absolute atomic E-state index is 13.0. The van der Waals surface area contributed by atoms with Crippen molar-refractivity contribution in [3.05, 3.63) is 100 Å².